The first-order valence-electron chi connectivity index (χ1n) is 9.85. The van der Waals surface area contributed by atoms with Gasteiger partial charge in [0.1, 0.15) is 0 Å². The highest BCUT2D eigenvalue weighted by Gasteiger charge is 1.86. The molecule has 0 saturated heterocycles. The average molecular weight is 343 g/mol. The van der Waals surface area contributed by atoms with Gasteiger partial charge in [-0.1, -0.05) is 67.7 Å². The van der Waals surface area contributed by atoms with Crippen molar-refractivity contribution in [1.82, 2.24) is 0 Å². The van der Waals surface area contributed by atoms with Crippen LogP contribution in [0.3, 0.4) is 0 Å². The number of allylic oxidation sites excluding steroid dienone is 12. The first-order chi connectivity index (χ1) is 12.3. The Balaban J connectivity index is 3.52. The van der Waals surface area contributed by atoms with E-state index in [4.69, 9.17) is 4.74 Å². The van der Waals surface area contributed by atoms with Crippen LogP contribution >= 0.6 is 0 Å². The van der Waals surface area contributed by atoms with Crippen LogP contribution in [0.1, 0.15) is 72.1 Å². The van der Waals surface area contributed by atoms with E-state index in [9.17, 15) is 0 Å². The molecule has 0 aromatic rings. The molecular formula is C24H38O. The molecule has 0 atom stereocenters. The van der Waals surface area contributed by atoms with Gasteiger partial charge in [0.2, 0.25) is 0 Å². The highest BCUT2D eigenvalue weighted by Crippen LogP contribution is 2.04. The first-order valence-corrected chi connectivity index (χ1v) is 9.85. The topological polar surface area (TPSA) is 9.23 Å². The second kappa shape index (κ2) is 20.3. The van der Waals surface area contributed by atoms with Crippen LogP contribution in [0.4, 0.5) is 0 Å². The quantitative estimate of drug-likeness (QED) is 0.167. The molecule has 0 fully saturated rings. The summed E-state index contributed by atoms with van der Waals surface area (Å²) < 4.78 is 5.40. The molecule has 0 saturated carbocycles. The number of unbranched alkanes of at least 4 members (excludes halogenated alkanes) is 2. The molecule has 140 valence electrons. The van der Waals surface area contributed by atoms with E-state index in [0.717, 1.165) is 57.3 Å². The monoisotopic (exact) mass is 342 g/mol. The summed E-state index contributed by atoms with van der Waals surface area (Å²) in [4.78, 5) is 0. The molecule has 0 heterocycles. The maximum absolute atomic E-state index is 5.40. The smallest absolute Gasteiger partial charge is 0.0888 e. The molecule has 0 radical (unpaired) electrons. The van der Waals surface area contributed by atoms with Gasteiger partial charge >= 0.3 is 0 Å². The highest BCUT2D eigenvalue weighted by atomic mass is 16.5. The molecule has 25 heavy (non-hydrogen) atoms. The predicted molar refractivity (Wildman–Crippen MR) is 114 cm³/mol. The van der Waals surface area contributed by atoms with Gasteiger partial charge in [0.05, 0.1) is 12.4 Å². The summed E-state index contributed by atoms with van der Waals surface area (Å²) in [5.74, 6) is 1.05. The lowest BCUT2D eigenvalue weighted by Crippen LogP contribution is -1.85. The molecule has 0 aromatic carbocycles. The Morgan fingerprint density at radius 3 is 1.60 bits per heavy atom. The normalized spacial score (nSPS) is 13.5. The third kappa shape index (κ3) is 20.2. The van der Waals surface area contributed by atoms with Crippen LogP contribution in [-0.4, -0.2) is 6.61 Å². The molecule has 0 bridgehead atoms. The summed E-state index contributed by atoms with van der Waals surface area (Å²) in [6.45, 7) is 6.97. The summed E-state index contributed by atoms with van der Waals surface area (Å²) in [6, 6.07) is 0. The molecule has 0 aliphatic rings. The third-order valence-corrected chi connectivity index (χ3v) is 3.54. The van der Waals surface area contributed by atoms with Crippen LogP contribution in [0.15, 0.2) is 72.6 Å². The predicted octanol–water partition coefficient (Wildman–Crippen LogP) is 7.85. The van der Waals surface area contributed by atoms with E-state index in [-0.39, 0.29) is 0 Å². The van der Waals surface area contributed by atoms with Crippen molar-refractivity contribution in [2.45, 2.75) is 72.1 Å². The van der Waals surface area contributed by atoms with E-state index in [0.29, 0.717) is 0 Å². The van der Waals surface area contributed by atoms with E-state index < -0.39 is 0 Å². The van der Waals surface area contributed by atoms with Crippen LogP contribution in [0.5, 0.6) is 0 Å². The van der Waals surface area contributed by atoms with Crippen molar-refractivity contribution in [2.24, 2.45) is 0 Å². The Labute approximate surface area is 156 Å². The van der Waals surface area contributed by atoms with Gasteiger partial charge in [-0.2, -0.15) is 0 Å². The molecule has 0 rings (SSSR count). The van der Waals surface area contributed by atoms with Crippen molar-refractivity contribution in [3.63, 3.8) is 0 Å². The van der Waals surface area contributed by atoms with Crippen LogP contribution in [-0.2, 0) is 4.74 Å². The second-order valence-corrected chi connectivity index (χ2v) is 5.89. The van der Waals surface area contributed by atoms with Crippen molar-refractivity contribution in [3.8, 4) is 0 Å². The minimum absolute atomic E-state index is 0.761. The summed E-state index contributed by atoms with van der Waals surface area (Å²) in [5.41, 5.74) is 0. The van der Waals surface area contributed by atoms with Crippen molar-refractivity contribution in [2.75, 3.05) is 6.61 Å². The Bertz CT molecular complexity index is 447. The van der Waals surface area contributed by atoms with Gasteiger partial charge in [0, 0.05) is 0 Å². The van der Waals surface area contributed by atoms with E-state index in [1.807, 2.05) is 13.8 Å². The molecule has 0 amide bonds. The summed E-state index contributed by atoms with van der Waals surface area (Å²) in [6.07, 6.45) is 33.2. The molecule has 0 aliphatic carbocycles. The van der Waals surface area contributed by atoms with Gasteiger partial charge in [-0.05, 0) is 71.3 Å². The molecule has 0 aromatic heterocycles. The zero-order valence-corrected chi connectivity index (χ0v) is 16.6. The SMILES string of the molecule is CCC=CCC=CCC=CCC=CCC=CCCCC=C(C)OCC. The fraction of sp³-hybridized carbons (Fsp3) is 0.500. The fourth-order valence-corrected chi connectivity index (χ4v) is 2.20. The zero-order chi connectivity index (χ0) is 18.4. The van der Waals surface area contributed by atoms with Crippen LogP contribution in [0.25, 0.3) is 0 Å². The van der Waals surface area contributed by atoms with Gasteiger partial charge < -0.3 is 4.74 Å². The minimum Gasteiger partial charge on any atom is -0.499 e. The van der Waals surface area contributed by atoms with Crippen molar-refractivity contribution < 1.29 is 4.74 Å². The second-order valence-electron chi connectivity index (χ2n) is 5.89. The van der Waals surface area contributed by atoms with E-state index in [1.54, 1.807) is 0 Å². The van der Waals surface area contributed by atoms with E-state index in [1.165, 1.54) is 6.42 Å². The summed E-state index contributed by atoms with van der Waals surface area (Å²) in [7, 11) is 0. The molecule has 1 nitrogen and oxygen atoms in total. The third-order valence-electron chi connectivity index (χ3n) is 3.54. The van der Waals surface area contributed by atoms with Gasteiger partial charge in [0.25, 0.3) is 0 Å². The fourth-order valence-electron chi connectivity index (χ4n) is 2.20. The number of hydrogen-bond donors (Lipinski definition) is 0. The molecular weight excluding hydrogens is 304 g/mol. The summed E-state index contributed by atoms with van der Waals surface area (Å²) in [5, 5.41) is 0. The lowest BCUT2D eigenvalue weighted by atomic mass is 10.2. The molecule has 1 heteroatoms. The molecule has 0 aliphatic heterocycles. The maximum atomic E-state index is 5.40. The highest BCUT2D eigenvalue weighted by molar-refractivity contribution is 5.00. The van der Waals surface area contributed by atoms with Crippen LogP contribution in [0, 0.1) is 0 Å². The maximum Gasteiger partial charge on any atom is 0.0888 e. The van der Waals surface area contributed by atoms with E-state index in [2.05, 4.69) is 73.8 Å². The van der Waals surface area contributed by atoms with Crippen molar-refractivity contribution >= 4 is 0 Å². The molecule has 0 N–H and O–H groups in total. The van der Waals surface area contributed by atoms with Crippen molar-refractivity contribution in [3.05, 3.63) is 72.6 Å². The van der Waals surface area contributed by atoms with Gasteiger partial charge in [-0.15, -0.1) is 0 Å². The largest absolute Gasteiger partial charge is 0.499 e. The Hall–Kier alpha value is -1.76. The Morgan fingerprint density at radius 1 is 0.640 bits per heavy atom. The zero-order valence-electron chi connectivity index (χ0n) is 16.6. The lowest BCUT2D eigenvalue weighted by Gasteiger charge is -2.01. The van der Waals surface area contributed by atoms with Gasteiger partial charge in [-0.25, -0.2) is 0 Å². The summed E-state index contributed by atoms with van der Waals surface area (Å²) >= 11 is 0. The Morgan fingerprint density at radius 2 is 1.12 bits per heavy atom. The standard InChI is InChI=1S/C24H38O/c1-4-6-7-8-9-10-11-12-13-14-15-16-17-18-19-20-21-22-23-24(3)25-5-2/h6-7,9-10,12-13,15-16,18-19,23H,4-5,8,11,14,17,20-22H2,1-3H3. The Kier molecular flexibility index (Phi) is 18.9. The van der Waals surface area contributed by atoms with E-state index >= 15 is 0 Å². The average Bonchev–Trinajstić information content (AvgIpc) is 2.61. The number of ether oxygens (including phenoxy) is 1. The number of rotatable bonds is 15. The van der Waals surface area contributed by atoms with Gasteiger partial charge in [0.15, 0.2) is 0 Å². The van der Waals surface area contributed by atoms with Gasteiger partial charge in [-0.3, -0.25) is 0 Å². The lowest BCUT2D eigenvalue weighted by molar-refractivity contribution is 0.230. The molecule has 0 spiro atoms. The minimum atomic E-state index is 0.761. The molecule has 0 unspecified atom stereocenters. The van der Waals surface area contributed by atoms with Crippen LogP contribution < -0.4 is 0 Å². The van der Waals surface area contributed by atoms with Crippen LogP contribution in [0.2, 0.25) is 0 Å². The van der Waals surface area contributed by atoms with Crippen molar-refractivity contribution in [1.29, 1.82) is 0 Å². The number of hydrogen-bond acceptors (Lipinski definition) is 1. The first kappa shape index (κ1) is 23.2.